The number of likely N-dealkylation sites (tertiary alicyclic amines) is 2. The van der Waals surface area contributed by atoms with Gasteiger partial charge < -0.3 is 14.2 Å². The summed E-state index contributed by atoms with van der Waals surface area (Å²) >= 11 is 0. The van der Waals surface area contributed by atoms with Crippen LogP contribution < -0.4 is 5.32 Å². The van der Waals surface area contributed by atoms with E-state index in [1.165, 1.54) is 5.56 Å². The number of benzene rings is 3. The van der Waals surface area contributed by atoms with E-state index in [1.54, 1.807) is 29.0 Å². The van der Waals surface area contributed by atoms with E-state index in [-0.39, 0.29) is 18.0 Å². The Hall–Kier alpha value is -6.71. The summed E-state index contributed by atoms with van der Waals surface area (Å²) in [5, 5.41) is 30.2. The number of oxazole rings is 2. The van der Waals surface area contributed by atoms with E-state index < -0.39 is 0 Å². The van der Waals surface area contributed by atoms with Crippen LogP contribution in [0.25, 0.3) is 44.6 Å². The van der Waals surface area contributed by atoms with Gasteiger partial charge in [0.2, 0.25) is 11.8 Å². The summed E-state index contributed by atoms with van der Waals surface area (Å²) < 4.78 is 12.0. The van der Waals surface area contributed by atoms with Gasteiger partial charge in [0.05, 0.1) is 11.3 Å². The first-order valence-corrected chi connectivity index (χ1v) is 17.3. The Morgan fingerprint density at radius 2 is 1.50 bits per heavy atom. The van der Waals surface area contributed by atoms with Gasteiger partial charge in [-0.05, 0) is 85.2 Å². The van der Waals surface area contributed by atoms with Gasteiger partial charge in [-0.15, -0.1) is 0 Å². The Kier molecular flexibility index (Phi) is 9.51. The van der Waals surface area contributed by atoms with E-state index in [2.05, 4.69) is 51.7 Å². The first-order chi connectivity index (χ1) is 25.4. The van der Waals surface area contributed by atoms with Crippen molar-refractivity contribution in [3.05, 3.63) is 101 Å². The lowest BCUT2D eigenvalue weighted by Gasteiger charge is -2.13. The molecule has 0 unspecified atom stereocenters. The van der Waals surface area contributed by atoms with Gasteiger partial charge in [0, 0.05) is 25.7 Å². The van der Waals surface area contributed by atoms with Gasteiger partial charge in [-0.1, -0.05) is 43.3 Å². The molecule has 52 heavy (non-hydrogen) atoms. The number of rotatable bonds is 6. The molecule has 2 aliphatic heterocycles. The number of hydrogen-bond donors (Lipinski definition) is 1. The van der Waals surface area contributed by atoms with Crippen molar-refractivity contribution < 1.29 is 13.6 Å². The Morgan fingerprint density at radius 1 is 0.808 bits per heavy atom. The molecule has 1 amide bonds. The number of carbonyl (C=O) groups is 1. The maximum absolute atomic E-state index is 12.5. The number of amides is 1. The zero-order valence-electron chi connectivity index (χ0n) is 28.8. The number of nitriles is 3. The lowest BCUT2D eigenvalue weighted by atomic mass is 9.99. The number of carbonyl (C=O) groups excluding carboxylic acids is 1. The van der Waals surface area contributed by atoms with Gasteiger partial charge in [-0.2, -0.15) is 15.8 Å². The van der Waals surface area contributed by atoms with Crippen molar-refractivity contribution in [2.75, 3.05) is 20.1 Å². The second-order valence-electron chi connectivity index (χ2n) is 12.7. The second-order valence-corrected chi connectivity index (χ2v) is 12.7. The SMILES string of the molecule is CCc1cccc(-c2cc(C(=O)NC)c3nc([C@@H]4CCCN4C#N)oc3c2)c1.N#Cc1cccc(-c2ccc3nc([C@@H]4CCCN4C#N)oc3c2)n1. The Morgan fingerprint density at radius 3 is 2.19 bits per heavy atom. The molecular weight excluding hydrogens is 654 g/mol. The molecule has 2 atom stereocenters. The van der Waals surface area contributed by atoms with Crippen molar-refractivity contribution in [1.82, 2.24) is 30.1 Å². The Balaban J connectivity index is 0.000000164. The average Bonchev–Trinajstić information content (AvgIpc) is 4.02. The smallest absolute Gasteiger partial charge is 0.253 e. The van der Waals surface area contributed by atoms with Gasteiger partial charge in [0.1, 0.15) is 34.9 Å². The first kappa shape index (κ1) is 33.8. The topological polar surface area (TPSA) is 172 Å². The molecule has 2 saturated heterocycles. The minimum atomic E-state index is -0.207. The fraction of sp³-hybridized carbons (Fsp3) is 0.275. The largest absolute Gasteiger partial charge is 0.438 e. The number of fused-ring (bicyclic) bond motifs is 2. The van der Waals surface area contributed by atoms with Crippen LogP contribution >= 0.6 is 0 Å². The molecule has 0 saturated carbocycles. The molecule has 1 N–H and O–H groups in total. The molecule has 0 aliphatic carbocycles. The predicted molar refractivity (Wildman–Crippen MR) is 193 cm³/mol. The van der Waals surface area contributed by atoms with Crippen LogP contribution in [0.5, 0.6) is 0 Å². The third-order valence-electron chi connectivity index (χ3n) is 9.55. The molecule has 0 bridgehead atoms. The maximum atomic E-state index is 12.5. The fourth-order valence-corrected chi connectivity index (χ4v) is 6.82. The van der Waals surface area contributed by atoms with E-state index in [0.29, 0.717) is 52.0 Å². The third kappa shape index (κ3) is 6.60. The normalized spacial score (nSPS) is 16.6. The molecule has 3 aromatic heterocycles. The van der Waals surface area contributed by atoms with Crippen LogP contribution in [0.1, 0.15) is 78.1 Å². The van der Waals surface area contributed by atoms with Crippen LogP contribution in [0.2, 0.25) is 0 Å². The van der Waals surface area contributed by atoms with Crippen molar-refractivity contribution in [2.45, 2.75) is 51.1 Å². The van der Waals surface area contributed by atoms with Crippen LogP contribution in [0.15, 0.2) is 81.6 Å². The van der Waals surface area contributed by atoms with Gasteiger partial charge in [-0.25, -0.2) is 15.0 Å². The monoisotopic (exact) mass is 689 g/mol. The zero-order chi connectivity index (χ0) is 36.2. The van der Waals surface area contributed by atoms with Crippen LogP contribution in [0, 0.1) is 34.2 Å². The summed E-state index contributed by atoms with van der Waals surface area (Å²) in [6.07, 6.45) is 8.93. The number of pyridine rings is 1. The van der Waals surface area contributed by atoms with E-state index in [1.807, 2.05) is 54.6 Å². The number of nitrogens with one attached hydrogen (secondary N) is 1. The fourth-order valence-electron chi connectivity index (χ4n) is 6.82. The summed E-state index contributed by atoms with van der Waals surface area (Å²) in [5.74, 6) is 0.875. The minimum Gasteiger partial charge on any atom is -0.438 e. The highest BCUT2D eigenvalue weighted by molar-refractivity contribution is 6.06. The molecule has 3 aromatic carbocycles. The lowest BCUT2D eigenvalue weighted by molar-refractivity contribution is 0.0964. The maximum Gasteiger partial charge on any atom is 0.253 e. The van der Waals surface area contributed by atoms with Crippen molar-refractivity contribution in [1.29, 1.82) is 15.8 Å². The van der Waals surface area contributed by atoms with Crippen LogP contribution in [-0.2, 0) is 6.42 Å². The van der Waals surface area contributed by atoms with Gasteiger partial charge >= 0.3 is 0 Å². The molecule has 8 rings (SSSR count). The molecule has 5 heterocycles. The standard InChI is InChI=1S/C22H22N4O2.C18H13N5O/c1-3-14-6-4-7-15(10-14)16-11-17(21(27)24-2)20-19(12-16)28-22(25-20)18-8-5-9-26(18)13-23;19-10-13-3-1-4-14(21-13)12-6-7-15-17(9-12)24-18(22-15)16-5-2-8-23(16)11-20/h4,6-7,10-12,18H,3,5,8-9H2,1-2H3,(H,24,27);1,3-4,6-7,9,16H,2,5,8H2/t18-;16-/m00/s1. The summed E-state index contributed by atoms with van der Waals surface area (Å²) in [6, 6.07) is 24.9. The van der Waals surface area contributed by atoms with E-state index in [4.69, 9.17) is 14.1 Å². The predicted octanol–water partition coefficient (Wildman–Crippen LogP) is 7.41. The molecule has 2 aliphatic rings. The summed E-state index contributed by atoms with van der Waals surface area (Å²) in [6.45, 7) is 3.57. The Labute approximate surface area is 300 Å². The minimum absolute atomic E-state index is 0.0779. The highest BCUT2D eigenvalue weighted by atomic mass is 16.4. The quantitative estimate of drug-likeness (QED) is 0.173. The van der Waals surface area contributed by atoms with Crippen LogP contribution in [0.3, 0.4) is 0 Å². The second kappa shape index (κ2) is 14.6. The van der Waals surface area contributed by atoms with Crippen molar-refractivity contribution in [2.24, 2.45) is 0 Å². The van der Waals surface area contributed by atoms with Gasteiger partial charge in [0.15, 0.2) is 23.6 Å². The highest BCUT2D eigenvalue weighted by Crippen LogP contribution is 2.36. The van der Waals surface area contributed by atoms with Crippen molar-refractivity contribution >= 4 is 28.1 Å². The summed E-state index contributed by atoms with van der Waals surface area (Å²) in [5.41, 5.74) is 8.14. The average molecular weight is 690 g/mol. The van der Waals surface area contributed by atoms with Gasteiger partial charge in [-0.3, -0.25) is 14.6 Å². The molecule has 0 spiro atoms. The molecule has 12 heteroatoms. The summed E-state index contributed by atoms with van der Waals surface area (Å²) in [4.78, 5) is 29.4. The molecule has 258 valence electrons. The first-order valence-electron chi connectivity index (χ1n) is 17.3. The van der Waals surface area contributed by atoms with Crippen LogP contribution in [0.4, 0.5) is 0 Å². The van der Waals surface area contributed by atoms with E-state index in [9.17, 15) is 15.3 Å². The zero-order valence-corrected chi connectivity index (χ0v) is 28.8. The van der Waals surface area contributed by atoms with E-state index >= 15 is 0 Å². The van der Waals surface area contributed by atoms with E-state index in [0.717, 1.165) is 60.9 Å². The van der Waals surface area contributed by atoms with Crippen molar-refractivity contribution in [3.8, 4) is 40.8 Å². The Bertz CT molecular complexity index is 2410. The van der Waals surface area contributed by atoms with Crippen LogP contribution in [-0.4, -0.2) is 50.8 Å². The lowest BCUT2D eigenvalue weighted by Crippen LogP contribution is -2.18. The molecular formula is C40H35N9O3. The summed E-state index contributed by atoms with van der Waals surface area (Å²) in [7, 11) is 1.61. The molecule has 12 nitrogen and oxygen atoms in total. The molecule has 2 fully saturated rings. The number of aromatic nitrogens is 3. The highest BCUT2D eigenvalue weighted by Gasteiger charge is 2.31. The van der Waals surface area contributed by atoms with Crippen molar-refractivity contribution in [3.63, 3.8) is 0 Å². The number of hydrogen-bond acceptors (Lipinski definition) is 11. The molecule has 6 aromatic rings. The molecule has 0 radical (unpaired) electrons. The number of aryl methyl sites for hydroxylation is 1. The number of nitrogens with zero attached hydrogens (tertiary/aromatic N) is 8. The van der Waals surface area contributed by atoms with Gasteiger partial charge in [0.25, 0.3) is 5.91 Å². The third-order valence-corrected chi connectivity index (χ3v) is 9.55.